The van der Waals surface area contributed by atoms with E-state index in [2.05, 4.69) is 16.0 Å². The molecule has 0 aromatic heterocycles. The highest BCUT2D eigenvalue weighted by Crippen LogP contribution is 2.22. The minimum absolute atomic E-state index is 0.0797. The van der Waals surface area contributed by atoms with Crippen LogP contribution in [-0.4, -0.2) is 35.2 Å². The van der Waals surface area contributed by atoms with Crippen molar-refractivity contribution in [3.8, 4) is 0 Å². The van der Waals surface area contributed by atoms with Crippen LogP contribution in [0.4, 0.5) is 5.69 Å². The highest BCUT2D eigenvalue weighted by molar-refractivity contribution is 7.80. The molecule has 2 aliphatic rings. The number of aryl methyl sites for hydroxylation is 1. The zero-order valence-corrected chi connectivity index (χ0v) is 15.1. The van der Waals surface area contributed by atoms with E-state index in [0.29, 0.717) is 5.69 Å². The third-order valence-electron chi connectivity index (χ3n) is 4.79. The number of benzene rings is 1. The van der Waals surface area contributed by atoms with E-state index in [0.717, 1.165) is 24.8 Å². The fourth-order valence-electron chi connectivity index (χ4n) is 3.24. The maximum absolute atomic E-state index is 12.9. The summed E-state index contributed by atoms with van der Waals surface area (Å²) in [5.41, 5.74) is 5.86. The lowest BCUT2D eigenvalue weighted by Gasteiger charge is -2.31. The number of anilines is 1. The lowest BCUT2D eigenvalue weighted by atomic mass is 9.91. The quantitative estimate of drug-likeness (QED) is 0.479. The molecule has 1 saturated carbocycles. The first-order valence-corrected chi connectivity index (χ1v) is 9.00. The zero-order valence-electron chi connectivity index (χ0n) is 14.3. The van der Waals surface area contributed by atoms with Crippen LogP contribution in [0.1, 0.15) is 31.2 Å². The Hall–Kier alpha value is -2.12. The van der Waals surface area contributed by atoms with Crippen LogP contribution in [0.5, 0.6) is 0 Å². The second-order valence-corrected chi connectivity index (χ2v) is 7.08. The topological polar surface area (TPSA) is 89.4 Å². The van der Waals surface area contributed by atoms with Gasteiger partial charge in [-0.15, -0.1) is 0 Å². The van der Waals surface area contributed by atoms with Gasteiger partial charge in [0.05, 0.1) is 5.69 Å². The molecule has 2 amide bonds. The molecule has 1 aromatic carbocycles. The number of carbonyl (C=O) groups excluding carboxylic acids is 2. The van der Waals surface area contributed by atoms with Crippen LogP contribution in [0.25, 0.3) is 0 Å². The molecule has 3 rings (SSSR count). The van der Waals surface area contributed by atoms with Crippen molar-refractivity contribution in [1.29, 1.82) is 0 Å². The number of nitrogens with zero attached hydrogens (tertiary/aromatic N) is 2. The SMILES string of the molecule is Cc1ccc(N2C(=O)[C@@H](C=N[C@@H]3CCCC[C@@H]3[NH3+])C(=O)NC2=S)cc1. The molecule has 7 heteroatoms. The largest absolute Gasteiger partial charge is 0.353 e. The molecule has 2 fully saturated rings. The number of quaternary nitrogens is 1. The Morgan fingerprint density at radius 3 is 2.60 bits per heavy atom. The van der Waals surface area contributed by atoms with Crippen LogP contribution in [0.2, 0.25) is 0 Å². The van der Waals surface area contributed by atoms with Crippen molar-refractivity contribution in [2.45, 2.75) is 44.7 Å². The van der Waals surface area contributed by atoms with Crippen molar-refractivity contribution in [2.75, 3.05) is 4.90 Å². The molecule has 1 aliphatic carbocycles. The number of nitrogens with one attached hydrogen (secondary N) is 1. The first-order chi connectivity index (χ1) is 12.0. The number of hydrogen-bond donors (Lipinski definition) is 2. The van der Waals surface area contributed by atoms with Crippen molar-refractivity contribution in [2.24, 2.45) is 10.9 Å². The molecule has 0 unspecified atom stereocenters. The van der Waals surface area contributed by atoms with E-state index in [9.17, 15) is 9.59 Å². The van der Waals surface area contributed by atoms with Crippen LogP contribution >= 0.6 is 12.2 Å². The van der Waals surface area contributed by atoms with E-state index >= 15 is 0 Å². The second kappa shape index (κ2) is 7.41. The maximum atomic E-state index is 12.9. The summed E-state index contributed by atoms with van der Waals surface area (Å²) in [6.07, 6.45) is 5.74. The van der Waals surface area contributed by atoms with E-state index in [1.54, 1.807) is 0 Å². The minimum atomic E-state index is -0.956. The highest BCUT2D eigenvalue weighted by Gasteiger charge is 2.38. The molecule has 0 bridgehead atoms. The van der Waals surface area contributed by atoms with Crippen molar-refractivity contribution < 1.29 is 15.3 Å². The predicted molar refractivity (Wildman–Crippen MR) is 100 cm³/mol. The predicted octanol–water partition coefficient (Wildman–Crippen LogP) is 0.983. The fourth-order valence-corrected chi connectivity index (χ4v) is 3.54. The van der Waals surface area contributed by atoms with Gasteiger partial charge < -0.3 is 11.1 Å². The molecule has 3 atom stereocenters. The van der Waals surface area contributed by atoms with Gasteiger partial charge in [-0.2, -0.15) is 0 Å². The van der Waals surface area contributed by atoms with Gasteiger partial charge in [0, 0.05) is 12.6 Å². The Kier molecular flexibility index (Phi) is 5.24. The summed E-state index contributed by atoms with van der Waals surface area (Å²) < 4.78 is 0. The molecular formula is C18H23N4O2S+. The molecule has 6 nitrogen and oxygen atoms in total. The lowest BCUT2D eigenvalue weighted by molar-refractivity contribution is -0.428. The molecule has 1 aliphatic heterocycles. The number of amides is 2. The lowest BCUT2D eigenvalue weighted by Crippen LogP contribution is -2.66. The summed E-state index contributed by atoms with van der Waals surface area (Å²) in [6.45, 7) is 1.97. The molecule has 0 radical (unpaired) electrons. The van der Waals surface area contributed by atoms with E-state index in [4.69, 9.17) is 12.2 Å². The third-order valence-corrected chi connectivity index (χ3v) is 5.07. The Bertz CT molecular complexity index is 716. The smallest absolute Gasteiger partial charge is 0.251 e. The van der Waals surface area contributed by atoms with Crippen LogP contribution in [-0.2, 0) is 9.59 Å². The number of aliphatic imine (C=N–C) groups is 1. The average molecular weight is 359 g/mol. The minimum Gasteiger partial charge on any atom is -0.353 e. The first-order valence-electron chi connectivity index (χ1n) is 8.59. The maximum Gasteiger partial charge on any atom is 0.251 e. The molecule has 1 aromatic rings. The van der Waals surface area contributed by atoms with Gasteiger partial charge in [0.2, 0.25) is 5.91 Å². The molecule has 0 spiro atoms. The Labute approximate surface area is 152 Å². The van der Waals surface area contributed by atoms with Gasteiger partial charge in [0.1, 0.15) is 12.1 Å². The molecule has 25 heavy (non-hydrogen) atoms. The zero-order chi connectivity index (χ0) is 18.0. The van der Waals surface area contributed by atoms with Crippen molar-refractivity contribution in [1.82, 2.24) is 5.32 Å². The summed E-state index contributed by atoms with van der Waals surface area (Å²) in [4.78, 5) is 31.0. The summed E-state index contributed by atoms with van der Waals surface area (Å²) in [7, 11) is 0. The van der Waals surface area contributed by atoms with Gasteiger partial charge in [-0.1, -0.05) is 24.1 Å². The Morgan fingerprint density at radius 2 is 1.92 bits per heavy atom. The standard InChI is InChI=1S/C18H22N4O2S/c1-11-6-8-12(9-7-11)22-17(24)13(16(23)21-18(22)25)10-20-15-5-3-2-4-14(15)19/h6-10,13-15H,2-5,19H2,1H3,(H,21,23,25)/p+1/t13-,14-,15+/m0/s1. The summed E-state index contributed by atoms with van der Waals surface area (Å²) in [5, 5.41) is 2.72. The van der Waals surface area contributed by atoms with Crippen LogP contribution in [0, 0.1) is 12.8 Å². The van der Waals surface area contributed by atoms with Crippen LogP contribution < -0.4 is 16.0 Å². The van der Waals surface area contributed by atoms with E-state index in [1.165, 1.54) is 17.5 Å². The summed E-state index contributed by atoms with van der Waals surface area (Å²) >= 11 is 5.20. The average Bonchev–Trinajstić information content (AvgIpc) is 2.57. The van der Waals surface area contributed by atoms with E-state index in [-0.39, 0.29) is 23.1 Å². The van der Waals surface area contributed by atoms with Crippen molar-refractivity contribution >= 4 is 41.0 Å². The Balaban J connectivity index is 1.81. The van der Waals surface area contributed by atoms with Crippen LogP contribution in [0.15, 0.2) is 29.3 Å². The molecular weight excluding hydrogens is 336 g/mol. The van der Waals surface area contributed by atoms with Gasteiger partial charge in [-0.05, 0) is 44.1 Å². The van der Waals surface area contributed by atoms with E-state index < -0.39 is 11.8 Å². The third kappa shape index (κ3) is 3.77. The van der Waals surface area contributed by atoms with Gasteiger partial charge in [-0.25, -0.2) is 0 Å². The normalized spacial score (nSPS) is 27.7. The monoisotopic (exact) mass is 359 g/mol. The van der Waals surface area contributed by atoms with E-state index in [1.807, 2.05) is 31.2 Å². The molecule has 132 valence electrons. The van der Waals surface area contributed by atoms with Crippen molar-refractivity contribution in [3.05, 3.63) is 29.8 Å². The van der Waals surface area contributed by atoms with Gasteiger partial charge in [0.15, 0.2) is 11.0 Å². The number of thiocarbonyl (C=S) groups is 1. The van der Waals surface area contributed by atoms with Crippen molar-refractivity contribution in [3.63, 3.8) is 0 Å². The summed E-state index contributed by atoms with van der Waals surface area (Å²) in [5.74, 6) is -1.74. The first kappa shape index (κ1) is 17.7. The fraction of sp³-hybridized carbons (Fsp3) is 0.444. The summed E-state index contributed by atoms with van der Waals surface area (Å²) in [6, 6.07) is 7.76. The molecule has 4 N–H and O–H groups in total. The van der Waals surface area contributed by atoms with Gasteiger partial charge in [-0.3, -0.25) is 19.5 Å². The van der Waals surface area contributed by atoms with Gasteiger partial charge in [0.25, 0.3) is 5.91 Å². The molecule has 1 saturated heterocycles. The second-order valence-electron chi connectivity index (χ2n) is 6.69. The van der Waals surface area contributed by atoms with Crippen LogP contribution in [0.3, 0.4) is 0 Å². The number of rotatable bonds is 3. The number of carbonyl (C=O) groups is 2. The highest BCUT2D eigenvalue weighted by atomic mass is 32.1. The Morgan fingerprint density at radius 1 is 1.24 bits per heavy atom. The van der Waals surface area contributed by atoms with Gasteiger partial charge >= 0.3 is 0 Å². The molecule has 1 heterocycles. The number of hydrogen-bond acceptors (Lipinski definition) is 4.